The molecule has 5 nitrogen and oxygen atoms in total. The molecule has 96 valence electrons. The lowest BCUT2D eigenvalue weighted by Gasteiger charge is -2.25. The SMILES string of the molecule is CCC(C)Cc1nc(CN2CCNCC2)no1. The summed E-state index contributed by atoms with van der Waals surface area (Å²) in [4.78, 5) is 6.81. The number of nitrogens with zero attached hydrogens (tertiary/aromatic N) is 3. The Morgan fingerprint density at radius 2 is 2.18 bits per heavy atom. The summed E-state index contributed by atoms with van der Waals surface area (Å²) >= 11 is 0. The third kappa shape index (κ3) is 3.78. The molecule has 1 fully saturated rings. The maximum absolute atomic E-state index is 5.28. The standard InChI is InChI=1S/C12H22N4O/c1-3-10(2)8-12-14-11(15-17-12)9-16-6-4-13-5-7-16/h10,13H,3-9H2,1-2H3. The monoisotopic (exact) mass is 238 g/mol. The maximum Gasteiger partial charge on any atom is 0.226 e. The smallest absolute Gasteiger partial charge is 0.226 e. The molecule has 1 aliphatic rings. The minimum atomic E-state index is 0.613. The summed E-state index contributed by atoms with van der Waals surface area (Å²) in [6.07, 6.45) is 2.04. The van der Waals surface area contributed by atoms with E-state index >= 15 is 0 Å². The van der Waals surface area contributed by atoms with Gasteiger partial charge in [-0.15, -0.1) is 0 Å². The number of nitrogens with one attached hydrogen (secondary N) is 1. The van der Waals surface area contributed by atoms with E-state index in [4.69, 9.17) is 4.52 Å². The molecule has 0 saturated carbocycles. The molecule has 0 amide bonds. The lowest BCUT2D eigenvalue weighted by atomic mass is 10.1. The summed E-state index contributed by atoms with van der Waals surface area (Å²) in [7, 11) is 0. The minimum Gasteiger partial charge on any atom is -0.339 e. The van der Waals surface area contributed by atoms with Crippen molar-refractivity contribution < 1.29 is 4.52 Å². The van der Waals surface area contributed by atoms with E-state index in [1.54, 1.807) is 0 Å². The molecule has 0 radical (unpaired) electrons. The Hall–Kier alpha value is -0.940. The summed E-state index contributed by atoms with van der Waals surface area (Å²) < 4.78 is 5.28. The Balaban J connectivity index is 1.84. The van der Waals surface area contributed by atoms with Crippen LogP contribution in [0.1, 0.15) is 32.0 Å². The van der Waals surface area contributed by atoms with Gasteiger partial charge in [0, 0.05) is 32.6 Å². The van der Waals surface area contributed by atoms with Crippen molar-refractivity contribution in [2.45, 2.75) is 33.2 Å². The van der Waals surface area contributed by atoms with Gasteiger partial charge in [-0.25, -0.2) is 0 Å². The van der Waals surface area contributed by atoms with Gasteiger partial charge in [0.15, 0.2) is 5.82 Å². The van der Waals surface area contributed by atoms with Gasteiger partial charge in [-0.05, 0) is 5.92 Å². The number of hydrogen-bond donors (Lipinski definition) is 1. The fourth-order valence-electron chi connectivity index (χ4n) is 1.95. The van der Waals surface area contributed by atoms with Crippen LogP contribution in [-0.4, -0.2) is 41.2 Å². The number of hydrogen-bond acceptors (Lipinski definition) is 5. The summed E-state index contributed by atoms with van der Waals surface area (Å²) in [5.74, 6) is 2.22. The average molecular weight is 238 g/mol. The van der Waals surface area contributed by atoms with E-state index in [-0.39, 0.29) is 0 Å². The van der Waals surface area contributed by atoms with Gasteiger partial charge in [0.1, 0.15) is 0 Å². The Bertz CT molecular complexity index is 333. The number of aromatic nitrogens is 2. The predicted octanol–water partition coefficient (Wildman–Crippen LogP) is 1.06. The van der Waals surface area contributed by atoms with Gasteiger partial charge in [0.2, 0.25) is 5.89 Å². The highest BCUT2D eigenvalue weighted by molar-refractivity contribution is 4.88. The first-order valence-corrected chi connectivity index (χ1v) is 6.52. The summed E-state index contributed by atoms with van der Waals surface area (Å²) in [5, 5.41) is 7.38. The zero-order chi connectivity index (χ0) is 12.1. The molecule has 1 saturated heterocycles. The zero-order valence-corrected chi connectivity index (χ0v) is 10.8. The average Bonchev–Trinajstić information content (AvgIpc) is 2.77. The first kappa shape index (κ1) is 12.5. The molecule has 1 aromatic rings. The second-order valence-corrected chi connectivity index (χ2v) is 4.85. The fourth-order valence-corrected chi connectivity index (χ4v) is 1.95. The molecular formula is C12H22N4O. The van der Waals surface area contributed by atoms with Crippen molar-refractivity contribution in [3.8, 4) is 0 Å². The normalized spacial score (nSPS) is 19.4. The van der Waals surface area contributed by atoms with Gasteiger partial charge < -0.3 is 9.84 Å². The molecule has 0 aliphatic carbocycles. The Kier molecular flexibility index (Phi) is 4.50. The lowest BCUT2D eigenvalue weighted by molar-refractivity contribution is 0.224. The van der Waals surface area contributed by atoms with E-state index in [2.05, 4.69) is 34.2 Å². The van der Waals surface area contributed by atoms with Crippen LogP contribution in [0.3, 0.4) is 0 Å². The van der Waals surface area contributed by atoms with E-state index in [0.29, 0.717) is 5.92 Å². The molecule has 0 bridgehead atoms. The van der Waals surface area contributed by atoms with Crippen LogP contribution in [0.2, 0.25) is 0 Å². The van der Waals surface area contributed by atoms with Crippen molar-refractivity contribution >= 4 is 0 Å². The molecule has 1 aliphatic heterocycles. The number of piperazine rings is 1. The highest BCUT2D eigenvalue weighted by Crippen LogP contribution is 2.10. The molecule has 1 atom stereocenters. The molecule has 5 heteroatoms. The maximum atomic E-state index is 5.28. The van der Waals surface area contributed by atoms with Crippen molar-refractivity contribution in [2.75, 3.05) is 26.2 Å². The van der Waals surface area contributed by atoms with Gasteiger partial charge in [0.25, 0.3) is 0 Å². The summed E-state index contributed by atoms with van der Waals surface area (Å²) in [6, 6.07) is 0. The van der Waals surface area contributed by atoms with Crippen LogP contribution >= 0.6 is 0 Å². The zero-order valence-electron chi connectivity index (χ0n) is 10.8. The van der Waals surface area contributed by atoms with E-state index in [0.717, 1.165) is 57.3 Å². The molecule has 1 unspecified atom stereocenters. The molecule has 2 rings (SSSR count). The topological polar surface area (TPSA) is 54.2 Å². The van der Waals surface area contributed by atoms with Crippen LogP contribution < -0.4 is 5.32 Å². The minimum absolute atomic E-state index is 0.613. The molecule has 0 spiro atoms. The highest BCUT2D eigenvalue weighted by Gasteiger charge is 2.14. The molecule has 0 aromatic carbocycles. The molecular weight excluding hydrogens is 216 g/mol. The van der Waals surface area contributed by atoms with E-state index in [1.165, 1.54) is 0 Å². The van der Waals surface area contributed by atoms with Crippen molar-refractivity contribution in [3.05, 3.63) is 11.7 Å². The van der Waals surface area contributed by atoms with Gasteiger partial charge in [-0.1, -0.05) is 25.4 Å². The van der Waals surface area contributed by atoms with Crippen LogP contribution in [0.15, 0.2) is 4.52 Å². The quantitative estimate of drug-likeness (QED) is 0.831. The Morgan fingerprint density at radius 1 is 1.41 bits per heavy atom. The third-order valence-corrected chi connectivity index (χ3v) is 3.30. The van der Waals surface area contributed by atoms with Gasteiger partial charge in [-0.2, -0.15) is 4.98 Å². The van der Waals surface area contributed by atoms with Crippen LogP contribution in [0.5, 0.6) is 0 Å². The lowest BCUT2D eigenvalue weighted by Crippen LogP contribution is -2.43. The first-order chi connectivity index (χ1) is 8.28. The second kappa shape index (κ2) is 6.12. The summed E-state index contributed by atoms with van der Waals surface area (Å²) in [5.41, 5.74) is 0. The van der Waals surface area contributed by atoms with Crippen molar-refractivity contribution in [1.29, 1.82) is 0 Å². The van der Waals surface area contributed by atoms with Crippen LogP contribution in [-0.2, 0) is 13.0 Å². The van der Waals surface area contributed by atoms with Crippen molar-refractivity contribution in [2.24, 2.45) is 5.92 Å². The molecule has 1 aromatic heterocycles. The van der Waals surface area contributed by atoms with Crippen LogP contribution in [0.25, 0.3) is 0 Å². The largest absolute Gasteiger partial charge is 0.339 e. The fraction of sp³-hybridized carbons (Fsp3) is 0.833. The second-order valence-electron chi connectivity index (χ2n) is 4.85. The Labute approximate surface area is 103 Å². The third-order valence-electron chi connectivity index (χ3n) is 3.30. The van der Waals surface area contributed by atoms with E-state index < -0.39 is 0 Å². The van der Waals surface area contributed by atoms with Crippen molar-refractivity contribution in [1.82, 2.24) is 20.4 Å². The number of rotatable bonds is 5. The van der Waals surface area contributed by atoms with Gasteiger partial charge in [0.05, 0.1) is 6.54 Å². The first-order valence-electron chi connectivity index (χ1n) is 6.52. The Morgan fingerprint density at radius 3 is 2.88 bits per heavy atom. The molecule has 1 N–H and O–H groups in total. The highest BCUT2D eigenvalue weighted by atomic mass is 16.5. The predicted molar refractivity (Wildman–Crippen MR) is 65.6 cm³/mol. The molecule has 2 heterocycles. The van der Waals surface area contributed by atoms with Crippen molar-refractivity contribution in [3.63, 3.8) is 0 Å². The van der Waals surface area contributed by atoms with Crippen LogP contribution in [0, 0.1) is 5.92 Å². The summed E-state index contributed by atoms with van der Waals surface area (Å²) in [6.45, 7) is 9.44. The van der Waals surface area contributed by atoms with Crippen LogP contribution in [0.4, 0.5) is 0 Å². The molecule has 17 heavy (non-hydrogen) atoms. The van der Waals surface area contributed by atoms with E-state index in [9.17, 15) is 0 Å². The van der Waals surface area contributed by atoms with Gasteiger partial charge >= 0.3 is 0 Å². The van der Waals surface area contributed by atoms with Gasteiger partial charge in [-0.3, -0.25) is 4.90 Å². The van der Waals surface area contributed by atoms with E-state index in [1.807, 2.05) is 0 Å².